The van der Waals surface area contributed by atoms with Crippen molar-refractivity contribution in [3.63, 3.8) is 0 Å². The molecule has 39 heavy (non-hydrogen) atoms. The van der Waals surface area contributed by atoms with Crippen LogP contribution in [0.15, 0.2) is 42.5 Å². The number of amides is 2. The molecule has 0 atom stereocenters. The Kier molecular flexibility index (Phi) is 8.64. The van der Waals surface area contributed by atoms with Crippen LogP contribution in [0.4, 0.5) is 42.0 Å². The highest BCUT2D eigenvalue weighted by atomic mass is 32.1. The molecular weight excluding hydrogens is 546 g/mol. The number of hydrogen-bond acceptors (Lipinski definition) is 6. The molecule has 2 heterocycles. The third-order valence-electron chi connectivity index (χ3n) is 6.14. The van der Waals surface area contributed by atoms with Gasteiger partial charge in [-0.2, -0.15) is 30.7 Å². The Bertz CT molecular complexity index is 1240. The number of benzene rings is 2. The van der Waals surface area contributed by atoms with Crippen molar-refractivity contribution in [2.75, 3.05) is 49.5 Å². The second-order valence-electron chi connectivity index (χ2n) is 9.16. The van der Waals surface area contributed by atoms with E-state index in [0.717, 1.165) is 16.5 Å². The molecular formula is C25H26F6N6OS. The van der Waals surface area contributed by atoms with Crippen LogP contribution in [0.1, 0.15) is 28.1 Å². The smallest absolute Gasteiger partial charge is 0.344 e. The first kappa shape index (κ1) is 28.6. The molecule has 0 radical (unpaired) electrons. The standard InChI is InChI=1S/C25H26F6N6OS/c1-16-2-4-17(5-3-16)12-21-34-23(39-35-21)37-10-8-36(9-11-37)7-6-32-22(38)33-20-14-18(24(26,27)28)13-19(15-20)25(29,30)31/h2-5,13-15H,6-12H2,1H3,(H2,32,33,38). The van der Waals surface area contributed by atoms with Gasteiger partial charge < -0.3 is 15.5 Å². The minimum absolute atomic E-state index is 0.00928. The predicted molar refractivity (Wildman–Crippen MR) is 136 cm³/mol. The van der Waals surface area contributed by atoms with Gasteiger partial charge in [-0.05, 0) is 30.7 Å². The number of urea groups is 1. The van der Waals surface area contributed by atoms with Crippen LogP contribution in [0.2, 0.25) is 0 Å². The average molecular weight is 573 g/mol. The van der Waals surface area contributed by atoms with Crippen LogP contribution < -0.4 is 15.5 Å². The van der Waals surface area contributed by atoms with E-state index in [1.54, 1.807) is 0 Å². The first-order valence-corrected chi connectivity index (χ1v) is 12.8. The van der Waals surface area contributed by atoms with Crippen LogP contribution in [0, 0.1) is 6.92 Å². The van der Waals surface area contributed by atoms with Crippen LogP contribution in [0.3, 0.4) is 0 Å². The monoisotopic (exact) mass is 572 g/mol. The van der Waals surface area contributed by atoms with Gasteiger partial charge >= 0.3 is 18.4 Å². The summed E-state index contributed by atoms with van der Waals surface area (Å²) in [4.78, 5) is 21.0. The van der Waals surface area contributed by atoms with Gasteiger partial charge in [-0.25, -0.2) is 9.78 Å². The fraction of sp³-hybridized carbons (Fsp3) is 0.400. The van der Waals surface area contributed by atoms with E-state index in [-0.39, 0.29) is 12.6 Å². The fourth-order valence-electron chi connectivity index (χ4n) is 4.03. The summed E-state index contributed by atoms with van der Waals surface area (Å²) in [6.07, 6.45) is -9.33. The fourth-order valence-corrected chi connectivity index (χ4v) is 4.76. The lowest BCUT2D eigenvalue weighted by Crippen LogP contribution is -2.48. The van der Waals surface area contributed by atoms with Gasteiger partial charge in [-0.3, -0.25) is 4.90 Å². The Balaban J connectivity index is 1.22. The normalized spacial score (nSPS) is 14.9. The van der Waals surface area contributed by atoms with Gasteiger partial charge in [0, 0.05) is 62.9 Å². The molecule has 0 bridgehead atoms. The molecule has 2 amide bonds. The molecule has 2 N–H and O–H groups in total. The number of anilines is 2. The molecule has 1 aliphatic rings. The quantitative estimate of drug-likeness (QED) is 0.370. The van der Waals surface area contributed by atoms with Crippen LogP contribution >= 0.6 is 11.5 Å². The maximum atomic E-state index is 13.0. The highest BCUT2D eigenvalue weighted by molar-refractivity contribution is 7.09. The summed E-state index contributed by atoms with van der Waals surface area (Å²) < 4.78 is 82.5. The van der Waals surface area contributed by atoms with Crippen molar-refractivity contribution in [1.82, 2.24) is 19.6 Å². The Labute approximate surface area is 225 Å². The number of carbonyl (C=O) groups excluding carboxylic acids is 1. The first-order valence-electron chi connectivity index (χ1n) is 12.1. The van der Waals surface area contributed by atoms with Gasteiger partial charge in [0.15, 0.2) is 0 Å². The van der Waals surface area contributed by atoms with Crippen LogP contribution in [0.5, 0.6) is 0 Å². The number of alkyl halides is 6. The number of aryl methyl sites for hydroxylation is 1. The van der Waals surface area contributed by atoms with Crippen molar-refractivity contribution in [1.29, 1.82) is 0 Å². The highest BCUT2D eigenvalue weighted by Crippen LogP contribution is 2.37. The maximum absolute atomic E-state index is 13.0. The summed E-state index contributed by atoms with van der Waals surface area (Å²) in [6, 6.07) is 8.27. The molecule has 4 rings (SSSR count). The van der Waals surface area contributed by atoms with E-state index in [9.17, 15) is 31.1 Å². The third-order valence-corrected chi connectivity index (χ3v) is 6.96. The Hall–Kier alpha value is -3.39. The number of rotatable bonds is 7. The SMILES string of the molecule is Cc1ccc(Cc2nsc(N3CCN(CCNC(=O)Nc4cc(C(F)(F)F)cc(C(F)(F)F)c4)CC3)n2)cc1. The molecule has 0 saturated carbocycles. The summed E-state index contributed by atoms with van der Waals surface area (Å²) in [5.74, 6) is 0.764. The van der Waals surface area contributed by atoms with Crippen molar-refractivity contribution < 1.29 is 31.1 Å². The van der Waals surface area contributed by atoms with Crippen LogP contribution in [0.25, 0.3) is 0 Å². The van der Waals surface area contributed by atoms with Gasteiger partial charge in [0.2, 0.25) is 5.13 Å². The molecule has 2 aromatic carbocycles. The lowest BCUT2D eigenvalue weighted by Gasteiger charge is -2.34. The number of piperazine rings is 1. The molecule has 1 fully saturated rings. The van der Waals surface area contributed by atoms with E-state index in [4.69, 9.17) is 0 Å². The second kappa shape index (κ2) is 11.8. The molecule has 7 nitrogen and oxygen atoms in total. The largest absolute Gasteiger partial charge is 0.416 e. The summed E-state index contributed by atoms with van der Waals surface area (Å²) >= 11 is 1.35. The number of nitrogens with zero attached hydrogens (tertiary/aromatic N) is 4. The molecule has 14 heteroatoms. The van der Waals surface area contributed by atoms with Gasteiger partial charge in [-0.15, -0.1) is 0 Å². The number of halogens is 6. The number of nitrogens with one attached hydrogen (secondary N) is 2. The average Bonchev–Trinajstić information content (AvgIpc) is 3.33. The number of carbonyl (C=O) groups is 1. The van der Waals surface area contributed by atoms with Crippen molar-refractivity contribution >= 4 is 28.4 Å². The molecule has 210 valence electrons. The Morgan fingerprint density at radius 1 is 0.949 bits per heavy atom. The van der Waals surface area contributed by atoms with Crippen molar-refractivity contribution in [2.45, 2.75) is 25.7 Å². The van der Waals surface area contributed by atoms with Crippen molar-refractivity contribution in [3.8, 4) is 0 Å². The lowest BCUT2D eigenvalue weighted by atomic mass is 10.1. The lowest BCUT2D eigenvalue weighted by molar-refractivity contribution is -0.143. The molecule has 1 saturated heterocycles. The summed E-state index contributed by atoms with van der Waals surface area (Å²) in [5, 5.41) is 5.39. The maximum Gasteiger partial charge on any atom is 0.416 e. The topological polar surface area (TPSA) is 73.4 Å². The van der Waals surface area contributed by atoms with Gasteiger partial charge in [0.05, 0.1) is 11.1 Å². The molecule has 1 aromatic heterocycles. The minimum atomic E-state index is -4.99. The van der Waals surface area contributed by atoms with E-state index in [1.165, 1.54) is 17.1 Å². The zero-order valence-electron chi connectivity index (χ0n) is 20.9. The zero-order valence-corrected chi connectivity index (χ0v) is 21.7. The number of aromatic nitrogens is 2. The van der Waals surface area contributed by atoms with E-state index in [2.05, 4.69) is 54.1 Å². The van der Waals surface area contributed by atoms with E-state index >= 15 is 0 Å². The van der Waals surface area contributed by atoms with Crippen molar-refractivity contribution in [2.24, 2.45) is 0 Å². The summed E-state index contributed by atoms with van der Waals surface area (Å²) in [6.45, 7) is 5.45. The molecule has 0 spiro atoms. The Morgan fingerprint density at radius 3 is 2.15 bits per heavy atom. The minimum Gasteiger partial charge on any atom is -0.344 e. The van der Waals surface area contributed by atoms with Gasteiger partial charge in [0.1, 0.15) is 5.82 Å². The highest BCUT2D eigenvalue weighted by Gasteiger charge is 2.37. The van der Waals surface area contributed by atoms with Crippen LogP contribution in [-0.2, 0) is 18.8 Å². The Morgan fingerprint density at radius 2 is 1.56 bits per heavy atom. The molecule has 3 aromatic rings. The van der Waals surface area contributed by atoms with E-state index in [0.29, 0.717) is 51.3 Å². The summed E-state index contributed by atoms with van der Waals surface area (Å²) in [7, 11) is 0. The molecule has 0 unspecified atom stereocenters. The number of hydrogen-bond donors (Lipinski definition) is 2. The van der Waals surface area contributed by atoms with Gasteiger partial charge in [-0.1, -0.05) is 29.8 Å². The second-order valence-corrected chi connectivity index (χ2v) is 9.89. The zero-order chi connectivity index (χ0) is 28.2. The summed E-state index contributed by atoms with van der Waals surface area (Å²) in [5.41, 5.74) is -1.26. The van der Waals surface area contributed by atoms with E-state index in [1.807, 2.05) is 6.92 Å². The first-order chi connectivity index (χ1) is 18.4. The van der Waals surface area contributed by atoms with E-state index < -0.39 is 35.2 Å². The third kappa shape index (κ3) is 8.05. The van der Waals surface area contributed by atoms with Gasteiger partial charge in [0.25, 0.3) is 0 Å². The van der Waals surface area contributed by atoms with Crippen LogP contribution in [-0.4, -0.2) is 59.6 Å². The molecule has 0 aliphatic carbocycles. The predicted octanol–water partition coefficient (Wildman–Crippen LogP) is 5.42. The molecule has 1 aliphatic heterocycles. The van der Waals surface area contributed by atoms with Crippen molar-refractivity contribution in [3.05, 3.63) is 70.5 Å².